The van der Waals surface area contributed by atoms with Gasteiger partial charge in [0.1, 0.15) is 0 Å². The molecular weight excluding hydrogens is 485 g/mol. The molecule has 0 unspecified atom stereocenters. The van der Waals surface area contributed by atoms with E-state index in [9.17, 15) is 4.79 Å². The lowest BCUT2D eigenvalue weighted by Crippen LogP contribution is -2.50. The Hall–Kier alpha value is -1.43. The second-order valence-corrected chi connectivity index (χ2v) is 7.49. The Bertz CT molecular complexity index is 628. The predicted octanol–water partition coefficient (Wildman–Crippen LogP) is 1.51. The molecule has 1 aromatic rings. The number of piperidine rings is 1. The van der Waals surface area contributed by atoms with E-state index in [1.165, 1.54) is 0 Å². The summed E-state index contributed by atoms with van der Waals surface area (Å²) in [5.41, 5.74) is 0. The molecule has 1 fully saturated rings. The van der Waals surface area contributed by atoms with Gasteiger partial charge in [0, 0.05) is 51.6 Å². The number of hydrogen-bond donors (Lipinski definition) is 3. The zero-order chi connectivity index (χ0) is 20.4. The van der Waals surface area contributed by atoms with Gasteiger partial charge in [-0.3, -0.25) is 14.7 Å². The van der Waals surface area contributed by atoms with Crippen LogP contribution in [0, 0.1) is 0 Å². The van der Waals surface area contributed by atoms with E-state index in [0.29, 0.717) is 31.4 Å². The van der Waals surface area contributed by atoms with Crippen molar-refractivity contribution in [3.63, 3.8) is 0 Å². The van der Waals surface area contributed by atoms with E-state index < -0.39 is 0 Å². The number of rotatable bonds is 9. The van der Waals surface area contributed by atoms with E-state index in [2.05, 4.69) is 42.9 Å². The SMILES string of the molecule is CCCNC(=O)CN1CCC(NC(=NC)NCCc2nc(C(C)C)no2)CC1.I. The number of aliphatic imine (C=N–C) groups is 1. The summed E-state index contributed by atoms with van der Waals surface area (Å²) in [6.45, 7) is 9.88. The van der Waals surface area contributed by atoms with Crippen LogP contribution in [-0.4, -0.2) is 72.7 Å². The zero-order valence-corrected chi connectivity index (χ0v) is 20.4. The first kappa shape index (κ1) is 25.6. The molecule has 1 aromatic heterocycles. The maximum Gasteiger partial charge on any atom is 0.234 e. The number of halogens is 1. The lowest BCUT2D eigenvalue weighted by Gasteiger charge is -2.32. The molecule has 1 aliphatic heterocycles. The monoisotopic (exact) mass is 521 g/mol. The van der Waals surface area contributed by atoms with Gasteiger partial charge in [0.25, 0.3) is 0 Å². The van der Waals surface area contributed by atoms with Gasteiger partial charge >= 0.3 is 0 Å². The number of hydrogen-bond acceptors (Lipinski definition) is 6. The number of amides is 1. The molecule has 0 saturated carbocycles. The molecule has 0 spiro atoms. The molecule has 166 valence electrons. The maximum absolute atomic E-state index is 11.8. The molecule has 0 aromatic carbocycles. The van der Waals surface area contributed by atoms with Crippen molar-refractivity contribution in [3.05, 3.63) is 11.7 Å². The highest BCUT2D eigenvalue weighted by Gasteiger charge is 2.21. The molecule has 0 atom stereocenters. The lowest BCUT2D eigenvalue weighted by molar-refractivity contribution is -0.122. The lowest BCUT2D eigenvalue weighted by atomic mass is 10.1. The summed E-state index contributed by atoms with van der Waals surface area (Å²) in [5.74, 6) is 2.55. The summed E-state index contributed by atoms with van der Waals surface area (Å²) < 4.78 is 5.26. The van der Waals surface area contributed by atoms with Gasteiger partial charge in [-0.15, -0.1) is 24.0 Å². The van der Waals surface area contributed by atoms with Gasteiger partial charge in [0.15, 0.2) is 11.8 Å². The van der Waals surface area contributed by atoms with Crippen LogP contribution in [0.4, 0.5) is 0 Å². The smallest absolute Gasteiger partial charge is 0.234 e. The van der Waals surface area contributed by atoms with Crippen molar-refractivity contribution < 1.29 is 9.32 Å². The Morgan fingerprint density at radius 1 is 1.28 bits per heavy atom. The van der Waals surface area contributed by atoms with Gasteiger partial charge in [0.2, 0.25) is 11.8 Å². The van der Waals surface area contributed by atoms with Crippen molar-refractivity contribution in [2.24, 2.45) is 4.99 Å². The summed E-state index contributed by atoms with van der Waals surface area (Å²) >= 11 is 0. The number of nitrogens with one attached hydrogen (secondary N) is 3. The molecule has 0 aliphatic carbocycles. The molecule has 1 aliphatic rings. The highest BCUT2D eigenvalue weighted by Crippen LogP contribution is 2.10. The fourth-order valence-electron chi connectivity index (χ4n) is 3.04. The van der Waals surface area contributed by atoms with E-state index in [4.69, 9.17) is 4.52 Å². The third-order valence-electron chi connectivity index (χ3n) is 4.72. The Morgan fingerprint density at radius 2 is 2.00 bits per heavy atom. The van der Waals surface area contributed by atoms with E-state index >= 15 is 0 Å². The van der Waals surface area contributed by atoms with Gasteiger partial charge in [-0.1, -0.05) is 25.9 Å². The van der Waals surface area contributed by atoms with Crippen LogP contribution in [0.15, 0.2) is 9.52 Å². The molecule has 9 nitrogen and oxygen atoms in total. The van der Waals surface area contributed by atoms with Crippen LogP contribution in [0.1, 0.15) is 57.7 Å². The van der Waals surface area contributed by atoms with Crippen LogP contribution in [0.25, 0.3) is 0 Å². The van der Waals surface area contributed by atoms with Crippen LogP contribution in [0.2, 0.25) is 0 Å². The minimum absolute atomic E-state index is 0. The van der Waals surface area contributed by atoms with Gasteiger partial charge in [-0.25, -0.2) is 0 Å². The highest BCUT2D eigenvalue weighted by atomic mass is 127. The first-order valence-corrected chi connectivity index (χ1v) is 10.3. The molecule has 2 heterocycles. The van der Waals surface area contributed by atoms with Crippen molar-refractivity contribution in [1.82, 2.24) is 31.0 Å². The maximum atomic E-state index is 11.8. The second kappa shape index (κ2) is 13.7. The normalized spacial score (nSPS) is 15.8. The molecule has 1 amide bonds. The molecule has 10 heteroatoms. The number of guanidine groups is 1. The Labute approximate surface area is 190 Å². The first-order valence-electron chi connectivity index (χ1n) is 10.3. The Balaban J connectivity index is 0.00000420. The van der Waals surface area contributed by atoms with Crippen molar-refractivity contribution >= 4 is 35.8 Å². The van der Waals surface area contributed by atoms with E-state index in [0.717, 1.165) is 50.7 Å². The van der Waals surface area contributed by atoms with Gasteiger partial charge < -0.3 is 20.5 Å². The quantitative estimate of drug-likeness (QED) is 0.257. The molecule has 2 rings (SSSR count). The van der Waals surface area contributed by atoms with Crippen LogP contribution in [0.3, 0.4) is 0 Å². The predicted molar refractivity (Wildman–Crippen MR) is 125 cm³/mol. The summed E-state index contributed by atoms with van der Waals surface area (Å²) in [7, 11) is 1.77. The molecule has 3 N–H and O–H groups in total. The standard InChI is InChI=1S/C19H35N7O2.HI/c1-5-9-21-16(27)13-26-11-7-15(8-12-26)23-19(20-4)22-10-6-17-24-18(14(2)3)25-28-17;/h14-15H,5-13H2,1-4H3,(H,21,27)(H2,20,22,23);1H. The van der Waals surface area contributed by atoms with Gasteiger partial charge in [0.05, 0.1) is 6.54 Å². The zero-order valence-electron chi connectivity index (χ0n) is 18.0. The third-order valence-corrected chi connectivity index (χ3v) is 4.72. The number of carbonyl (C=O) groups is 1. The summed E-state index contributed by atoms with van der Waals surface area (Å²) in [4.78, 5) is 22.7. The molecular formula is C19H36IN7O2. The molecule has 0 radical (unpaired) electrons. The molecule has 0 bridgehead atoms. The number of carbonyl (C=O) groups excluding carboxylic acids is 1. The van der Waals surface area contributed by atoms with Crippen LogP contribution in [0.5, 0.6) is 0 Å². The summed E-state index contributed by atoms with van der Waals surface area (Å²) in [6.07, 6.45) is 3.60. The number of likely N-dealkylation sites (tertiary alicyclic amines) is 1. The molecule has 1 saturated heterocycles. The average molecular weight is 521 g/mol. The van der Waals surface area contributed by atoms with E-state index in [1.807, 2.05) is 13.8 Å². The second-order valence-electron chi connectivity index (χ2n) is 7.49. The average Bonchev–Trinajstić information content (AvgIpc) is 3.16. The number of aromatic nitrogens is 2. The highest BCUT2D eigenvalue weighted by molar-refractivity contribution is 14.0. The van der Waals surface area contributed by atoms with Gasteiger partial charge in [-0.2, -0.15) is 4.98 Å². The topological polar surface area (TPSA) is 108 Å². The fourth-order valence-corrected chi connectivity index (χ4v) is 3.04. The van der Waals surface area contributed by atoms with E-state index in [-0.39, 0.29) is 35.8 Å². The van der Waals surface area contributed by atoms with Crippen LogP contribution >= 0.6 is 24.0 Å². The van der Waals surface area contributed by atoms with Crippen molar-refractivity contribution in [2.75, 3.05) is 39.8 Å². The van der Waals surface area contributed by atoms with Crippen LogP contribution < -0.4 is 16.0 Å². The Kier molecular flexibility index (Phi) is 12.1. The first-order chi connectivity index (χ1) is 13.5. The number of nitrogens with zero attached hydrogens (tertiary/aromatic N) is 4. The molecule has 29 heavy (non-hydrogen) atoms. The fraction of sp³-hybridized carbons (Fsp3) is 0.789. The van der Waals surface area contributed by atoms with E-state index in [1.54, 1.807) is 7.05 Å². The van der Waals surface area contributed by atoms with Crippen molar-refractivity contribution in [3.8, 4) is 0 Å². The van der Waals surface area contributed by atoms with Gasteiger partial charge in [-0.05, 0) is 19.3 Å². The Morgan fingerprint density at radius 3 is 2.59 bits per heavy atom. The summed E-state index contributed by atoms with van der Waals surface area (Å²) in [5, 5.41) is 13.7. The minimum atomic E-state index is 0. The van der Waals surface area contributed by atoms with Crippen molar-refractivity contribution in [1.29, 1.82) is 0 Å². The summed E-state index contributed by atoms with van der Waals surface area (Å²) in [6, 6.07) is 0.358. The minimum Gasteiger partial charge on any atom is -0.356 e. The largest absolute Gasteiger partial charge is 0.356 e. The third kappa shape index (κ3) is 9.28. The van der Waals surface area contributed by atoms with Crippen molar-refractivity contribution in [2.45, 2.75) is 58.4 Å². The van der Waals surface area contributed by atoms with Crippen LogP contribution in [-0.2, 0) is 11.2 Å².